The molecule has 1 aromatic heterocycles. The number of furan rings is 1. The van der Waals surface area contributed by atoms with Crippen LogP contribution in [0, 0.1) is 6.92 Å². The molecule has 0 aliphatic heterocycles. The van der Waals surface area contributed by atoms with Crippen molar-refractivity contribution in [3.63, 3.8) is 0 Å². The van der Waals surface area contributed by atoms with Crippen molar-refractivity contribution in [2.24, 2.45) is 0 Å². The van der Waals surface area contributed by atoms with Crippen LogP contribution in [-0.2, 0) is 4.74 Å². The molecule has 1 atom stereocenters. The van der Waals surface area contributed by atoms with Crippen molar-refractivity contribution in [1.29, 1.82) is 0 Å². The van der Waals surface area contributed by atoms with Gasteiger partial charge < -0.3 is 14.5 Å². The third-order valence-corrected chi connectivity index (χ3v) is 3.33. The molecule has 0 aliphatic rings. The number of hydrogen-bond donors (Lipinski definition) is 1. The monoisotopic (exact) mass is 261 g/mol. The summed E-state index contributed by atoms with van der Waals surface area (Å²) in [5.74, 6) is 1.03. The Hall–Kier alpha value is -1.32. The van der Waals surface area contributed by atoms with Crippen LogP contribution in [-0.4, -0.2) is 20.3 Å². The van der Waals surface area contributed by atoms with E-state index in [0.717, 1.165) is 37.3 Å². The van der Waals surface area contributed by atoms with Crippen LogP contribution >= 0.6 is 0 Å². The third-order valence-electron chi connectivity index (χ3n) is 3.33. The van der Waals surface area contributed by atoms with Gasteiger partial charge in [0.15, 0.2) is 0 Å². The summed E-state index contributed by atoms with van der Waals surface area (Å²) in [5.41, 5.74) is 2.23. The van der Waals surface area contributed by atoms with Crippen molar-refractivity contribution >= 4 is 11.0 Å². The first-order valence-electron chi connectivity index (χ1n) is 6.97. The van der Waals surface area contributed by atoms with E-state index in [1.165, 1.54) is 10.9 Å². The molecule has 0 saturated heterocycles. The molecule has 0 radical (unpaired) electrons. The van der Waals surface area contributed by atoms with Gasteiger partial charge in [-0.1, -0.05) is 18.6 Å². The predicted molar refractivity (Wildman–Crippen MR) is 78.5 cm³/mol. The number of aryl methyl sites for hydroxylation is 1. The van der Waals surface area contributed by atoms with Crippen LogP contribution in [0.15, 0.2) is 28.7 Å². The van der Waals surface area contributed by atoms with Gasteiger partial charge >= 0.3 is 0 Å². The Bertz CT molecular complexity index is 518. The summed E-state index contributed by atoms with van der Waals surface area (Å²) in [6, 6.07) is 8.73. The molecule has 0 aliphatic carbocycles. The van der Waals surface area contributed by atoms with Crippen LogP contribution in [0.25, 0.3) is 11.0 Å². The molecule has 0 saturated carbocycles. The lowest BCUT2D eigenvalue weighted by molar-refractivity contribution is 0.187. The first-order valence-corrected chi connectivity index (χ1v) is 6.97. The standard InChI is InChI=1S/C16H23NO2/c1-4-17-14(6-5-9-18-3)16-11-13-10-12(2)7-8-15(13)19-16/h7-8,10-11,14,17H,4-6,9H2,1-3H3. The van der Waals surface area contributed by atoms with Crippen molar-refractivity contribution in [2.75, 3.05) is 20.3 Å². The van der Waals surface area contributed by atoms with Crippen LogP contribution < -0.4 is 5.32 Å². The fourth-order valence-electron chi connectivity index (χ4n) is 2.38. The lowest BCUT2D eigenvalue weighted by Gasteiger charge is -2.14. The highest BCUT2D eigenvalue weighted by Crippen LogP contribution is 2.27. The smallest absolute Gasteiger partial charge is 0.134 e. The molecule has 3 heteroatoms. The molecule has 2 aromatic rings. The second kappa shape index (κ2) is 6.73. The van der Waals surface area contributed by atoms with E-state index in [0.29, 0.717) is 0 Å². The highest BCUT2D eigenvalue weighted by molar-refractivity contribution is 5.78. The van der Waals surface area contributed by atoms with Crippen molar-refractivity contribution in [1.82, 2.24) is 5.32 Å². The Morgan fingerprint density at radius 3 is 2.89 bits per heavy atom. The van der Waals surface area contributed by atoms with Crippen molar-refractivity contribution in [3.8, 4) is 0 Å². The molecule has 3 nitrogen and oxygen atoms in total. The van der Waals surface area contributed by atoms with Gasteiger partial charge in [-0.2, -0.15) is 0 Å². The van der Waals surface area contributed by atoms with Crippen LogP contribution in [0.4, 0.5) is 0 Å². The number of rotatable bonds is 7. The fraction of sp³-hybridized carbons (Fsp3) is 0.500. The zero-order chi connectivity index (χ0) is 13.7. The second-order valence-electron chi connectivity index (χ2n) is 4.94. The summed E-state index contributed by atoms with van der Waals surface area (Å²) < 4.78 is 11.1. The van der Waals surface area contributed by atoms with E-state index in [9.17, 15) is 0 Å². The molecule has 0 bridgehead atoms. The predicted octanol–water partition coefficient (Wildman–Crippen LogP) is 3.82. The zero-order valence-corrected chi connectivity index (χ0v) is 12.0. The normalized spacial score (nSPS) is 13.0. The Morgan fingerprint density at radius 1 is 1.32 bits per heavy atom. The van der Waals surface area contributed by atoms with Gasteiger partial charge in [-0.25, -0.2) is 0 Å². The molecule has 1 aromatic carbocycles. The molecule has 19 heavy (non-hydrogen) atoms. The van der Waals surface area contributed by atoms with Gasteiger partial charge in [0, 0.05) is 19.1 Å². The number of ether oxygens (including phenoxy) is 1. The molecule has 104 valence electrons. The lowest BCUT2D eigenvalue weighted by atomic mass is 10.1. The third kappa shape index (κ3) is 3.58. The summed E-state index contributed by atoms with van der Waals surface area (Å²) in [5, 5.41) is 4.67. The van der Waals surface area contributed by atoms with Gasteiger partial charge in [-0.3, -0.25) is 0 Å². The number of methoxy groups -OCH3 is 1. The minimum atomic E-state index is 0.271. The molecule has 0 spiro atoms. The highest BCUT2D eigenvalue weighted by atomic mass is 16.5. The van der Waals surface area contributed by atoms with Crippen LogP contribution in [0.2, 0.25) is 0 Å². The summed E-state index contributed by atoms with van der Waals surface area (Å²) in [6.45, 7) is 5.96. The Balaban J connectivity index is 2.17. The Labute approximate surface area is 114 Å². The zero-order valence-electron chi connectivity index (χ0n) is 12.0. The van der Waals surface area contributed by atoms with Gasteiger partial charge in [0.2, 0.25) is 0 Å². The van der Waals surface area contributed by atoms with Crippen LogP contribution in [0.3, 0.4) is 0 Å². The van der Waals surface area contributed by atoms with E-state index >= 15 is 0 Å². The molecule has 0 amide bonds. The average Bonchev–Trinajstić information content (AvgIpc) is 2.80. The molecule has 2 rings (SSSR count). The molecule has 0 fully saturated rings. The van der Waals surface area contributed by atoms with Crippen molar-refractivity contribution in [2.45, 2.75) is 32.7 Å². The Kier molecular flexibility index (Phi) is 5.00. The second-order valence-corrected chi connectivity index (χ2v) is 4.94. The largest absolute Gasteiger partial charge is 0.459 e. The summed E-state index contributed by atoms with van der Waals surface area (Å²) in [6.07, 6.45) is 2.06. The summed E-state index contributed by atoms with van der Waals surface area (Å²) >= 11 is 0. The van der Waals surface area contributed by atoms with Crippen LogP contribution in [0.5, 0.6) is 0 Å². The summed E-state index contributed by atoms with van der Waals surface area (Å²) in [7, 11) is 1.74. The maximum Gasteiger partial charge on any atom is 0.134 e. The van der Waals surface area contributed by atoms with E-state index in [1.807, 2.05) is 6.07 Å². The number of nitrogens with one attached hydrogen (secondary N) is 1. The van der Waals surface area contributed by atoms with Gasteiger partial charge in [-0.05, 0) is 44.5 Å². The maximum atomic E-state index is 5.97. The molecule has 1 unspecified atom stereocenters. The van der Waals surface area contributed by atoms with Gasteiger partial charge in [0.05, 0.1) is 6.04 Å². The van der Waals surface area contributed by atoms with E-state index in [1.54, 1.807) is 7.11 Å². The SMILES string of the molecule is CCNC(CCCOC)c1cc2cc(C)ccc2o1. The van der Waals surface area contributed by atoms with Crippen molar-refractivity contribution in [3.05, 3.63) is 35.6 Å². The number of hydrogen-bond acceptors (Lipinski definition) is 3. The number of benzene rings is 1. The minimum absolute atomic E-state index is 0.271. The van der Waals surface area contributed by atoms with Gasteiger partial charge in [0.25, 0.3) is 0 Å². The van der Waals surface area contributed by atoms with Crippen molar-refractivity contribution < 1.29 is 9.15 Å². The highest BCUT2D eigenvalue weighted by Gasteiger charge is 2.15. The topological polar surface area (TPSA) is 34.4 Å². The molecule has 1 heterocycles. The molecular formula is C16H23NO2. The van der Waals surface area contributed by atoms with Crippen LogP contribution in [0.1, 0.15) is 37.1 Å². The van der Waals surface area contributed by atoms with E-state index in [4.69, 9.17) is 9.15 Å². The quantitative estimate of drug-likeness (QED) is 0.769. The van der Waals surface area contributed by atoms with Gasteiger partial charge in [0.1, 0.15) is 11.3 Å². The van der Waals surface area contributed by atoms with E-state index in [2.05, 4.69) is 37.4 Å². The maximum absolute atomic E-state index is 5.97. The first kappa shape index (κ1) is 14.1. The molecular weight excluding hydrogens is 238 g/mol. The fourth-order valence-corrected chi connectivity index (χ4v) is 2.38. The lowest BCUT2D eigenvalue weighted by Crippen LogP contribution is -2.20. The number of fused-ring (bicyclic) bond motifs is 1. The first-order chi connectivity index (χ1) is 9.24. The van der Waals surface area contributed by atoms with E-state index < -0.39 is 0 Å². The minimum Gasteiger partial charge on any atom is -0.459 e. The summed E-state index contributed by atoms with van der Waals surface area (Å²) in [4.78, 5) is 0. The average molecular weight is 261 g/mol. The molecule has 1 N–H and O–H groups in total. The van der Waals surface area contributed by atoms with E-state index in [-0.39, 0.29) is 6.04 Å². The Morgan fingerprint density at radius 2 is 2.16 bits per heavy atom. The van der Waals surface area contributed by atoms with Gasteiger partial charge in [-0.15, -0.1) is 0 Å².